The first-order valence-electron chi connectivity index (χ1n) is 6.27. The summed E-state index contributed by atoms with van der Waals surface area (Å²) in [4.78, 5) is 15.9. The lowest BCUT2D eigenvalue weighted by Crippen LogP contribution is -1.91. The Labute approximate surface area is 124 Å². The maximum absolute atomic E-state index is 11.0. The minimum absolute atomic E-state index is 0.104. The maximum Gasteiger partial charge on any atom is 0.273 e. The van der Waals surface area contributed by atoms with E-state index in [2.05, 4.69) is 15.2 Å². The zero-order valence-corrected chi connectivity index (χ0v) is 12.3. The highest BCUT2D eigenvalue weighted by atomic mass is 32.1. The van der Waals surface area contributed by atoms with Crippen LogP contribution in [0, 0.1) is 24.0 Å². The van der Waals surface area contributed by atoms with Gasteiger partial charge in [0.1, 0.15) is 0 Å². The van der Waals surface area contributed by atoms with Crippen LogP contribution >= 0.6 is 11.3 Å². The Balaban J connectivity index is 2.07. The zero-order valence-electron chi connectivity index (χ0n) is 11.5. The molecule has 6 nitrogen and oxygen atoms in total. The summed E-state index contributed by atoms with van der Waals surface area (Å²) < 4.78 is 0. The van der Waals surface area contributed by atoms with Crippen LogP contribution in [0.1, 0.15) is 21.8 Å². The highest BCUT2D eigenvalue weighted by molar-refractivity contribution is 7.10. The van der Waals surface area contributed by atoms with Crippen LogP contribution in [0.25, 0.3) is 23.1 Å². The van der Waals surface area contributed by atoms with Crippen molar-refractivity contribution < 1.29 is 4.92 Å². The fraction of sp³-hybridized carbons (Fsp3) is 0.143. The Kier molecular flexibility index (Phi) is 3.26. The molecule has 106 valence electrons. The molecule has 0 aliphatic rings. The van der Waals surface area contributed by atoms with Gasteiger partial charge in [0.15, 0.2) is 0 Å². The van der Waals surface area contributed by atoms with Gasteiger partial charge < -0.3 is 0 Å². The second-order valence-corrected chi connectivity index (χ2v) is 5.57. The molecular formula is C14H12N4O2S. The van der Waals surface area contributed by atoms with Gasteiger partial charge in [-0.05, 0) is 32.1 Å². The number of H-pyrrole nitrogens is 1. The lowest BCUT2D eigenvalue weighted by molar-refractivity contribution is -0.385. The zero-order chi connectivity index (χ0) is 15.0. The van der Waals surface area contributed by atoms with Crippen molar-refractivity contribution in [3.8, 4) is 0 Å². The molecule has 3 rings (SSSR count). The molecule has 0 saturated heterocycles. The number of aromatic nitrogens is 3. The molecule has 0 fully saturated rings. The molecule has 1 N–H and O–H groups in total. The van der Waals surface area contributed by atoms with Crippen molar-refractivity contribution in [2.45, 2.75) is 13.8 Å². The summed E-state index contributed by atoms with van der Waals surface area (Å²) in [5.41, 5.74) is 4.93. The first-order valence-corrected chi connectivity index (χ1v) is 7.15. The second-order valence-electron chi connectivity index (χ2n) is 4.69. The third-order valence-corrected chi connectivity index (χ3v) is 4.18. The normalized spacial score (nSPS) is 11.5. The molecule has 0 radical (unpaired) electrons. The quantitative estimate of drug-likeness (QED) is 0.590. The second kappa shape index (κ2) is 5.10. The predicted octanol–water partition coefficient (Wildman–Crippen LogP) is 3.71. The van der Waals surface area contributed by atoms with Gasteiger partial charge in [-0.2, -0.15) is 5.10 Å². The molecule has 0 amide bonds. The number of aromatic amines is 1. The van der Waals surface area contributed by atoms with Gasteiger partial charge in [-0.3, -0.25) is 15.2 Å². The molecule has 7 heteroatoms. The summed E-state index contributed by atoms with van der Waals surface area (Å²) in [7, 11) is 0. The lowest BCUT2D eigenvalue weighted by Gasteiger charge is -1.97. The first-order chi connectivity index (χ1) is 10.1. The number of hydrogen-bond acceptors (Lipinski definition) is 5. The number of nitrogens with one attached hydrogen (secondary N) is 1. The van der Waals surface area contributed by atoms with Crippen LogP contribution in [0.4, 0.5) is 5.69 Å². The number of rotatable bonds is 3. The Morgan fingerprint density at radius 2 is 2.14 bits per heavy atom. The van der Waals surface area contributed by atoms with E-state index in [4.69, 9.17) is 0 Å². The van der Waals surface area contributed by atoms with Gasteiger partial charge >= 0.3 is 0 Å². The van der Waals surface area contributed by atoms with Crippen LogP contribution in [0.15, 0.2) is 17.6 Å². The third kappa shape index (κ3) is 2.43. The number of hydrogen-bond donors (Lipinski definition) is 1. The average Bonchev–Trinajstić information content (AvgIpc) is 3.01. The van der Waals surface area contributed by atoms with Gasteiger partial charge in [-0.15, -0.1) is 11.3 Å². The fourth-order valence-corrected chi connectivity index (χ4v) is 2.83. The van der Waals surface area contributed by atoms with E-state index in [-0.39, 0.29) is 10.6 Å². The van der Waals surface area contributed by atoms with Crippen LogP contribution in [-0.2, 0) is 0 Å². The van der Waals surface area contributed by atoms with E-state index in [0.717, 1.165) is 21.5 Å². The van der Waals surface area contributed by atoms with Crippen LogP contribution in [0.5, 0.6) is 0 Å². The van der Waals surface area contributed by atoms with Gasteiger partial charge in [-0.25, -0.2) is 4.98 Å². The number of aryl methyl sites for hydroxylation is 2. The molecule has 21 heavy (non-hydrogen) atoms. The molecule has 1 aromatic carbocycles. The van der Waals surface area contributed by atoms with E-state index in [1.54, 1.807) is 35.9 Å². The smallest absolute Gasteiger partial charge is 0.273 e. The standard InChI is InChI=1S/C14H12N4O2S/c1-8-5-12-10(6-13(8)18(19)20)11(16-17-12)3-4-14-9(2)15-7-21-14/h3-7H,1-2H3,(H,16,17)/b4-3+. The van der Waals surface area contributed by atoms with Gasteiger partial charge in [0, 0.05) is 21.9 Å². The highest BCUT2D eigenvalue weighted by Crippen LogP contribution is 2.27. The van der Waals surface area contributed by atoms with Crippen LogP contribution in [-0.4, -0.2) is 20.1 Å². The number of fused-ring (bicyclic) bond motifs is 1. The summed E-state index contributed by atoms with van der Waals surface area (Å²) in [6.07, 6.45) is 3.77. The van der Waals surface area contributed by atoms with Crippen molar-refractivity contribution >= 4 is 40.1 Å². The molecule has 0 aliphatic carbocycles. The summed E-state index contributed by atoms with van der Waals surface area (Å²) in [5, 5.41) is 18.9. The molecule has 0 atom stereocenters. The van der Waals surface area contributed by atoms with Gasteiger partial charge in [-0.1, -0.05) is 0 Å². The minimum Gasteiger partial charge on any atom is -0.277 e. The first kappa shape index (κ1) is 13.4. The molecule has 0 unspecified atom stereocenters. The SMILES string of the molecule is Cc1cc2[nH]nc(/C=C/c3scnc3C)c2cc1[N+](=O)[O-]. The van der Waals surface area contributed by atoms with Gasteiger partial charge in [0.25, 0.3) is 5.69 Å². The van der Waals surface area contributed by atoms with Gasteiger partial charge in [0.05, 0.1) is 27.3 Å². The van der Waals surface area contributed by atoms with E-state index in [1.807, 2.05) is 19.1 Å². The summed E-state index contributed by atoms with van der Waals surface area (Å²) in [6.45, 7) is 3.65. The van der Waals surface area contributed by atoms with Crippen molar-refractivity contribution in [3.05, 3.63) is 49.6 Å². The molecular weight excluding hydrogens is 288 g/mol. The average molecular weight is 300 g/mol. The van der Waals surface area contributed by atoms with E-state index >= 15 is 0 Å². The molecule has 0 aliphatic heterocycles. The number of nitro benzene ring substituents is 1. The monoisotopic (exact) mass is 300 g/mol. The lowest BCUT2D eigenvalue weighted by atomic mass is 10.1. The topological polar surface area (TPSA) is 84.7 Å². The Morgan fingerprint density at radius 3 is 2.81 bits per heavy atom. The fourth-order valence-electron chi connectivity index (χ4n) is 2.13. The van der Waals surface area contributed by atoms with E-state index in [0.29, 0.717) is 11.3 Å². The minimum atomic E-state index is -0.372. The molecule has 2 heterocycles. The molecule has 3 aromatic rings. The Hall–Kier alpha value is -2.54. The van der Waals surface area contributed by atoms with Crippen LogP contribution in [0.3, 0.4) is 0 Å². The number of nitrogens with zero attached hydrogens (tertiary/aromatic N) is 3. The summed E-state index contributed by atoms with van der Waals surface area (Å²) in [6, 6.07) is 3.31. The van der Waals surface area contributed by atoms with E-state index in [1.165, 1.54) is 0 Å². The third-order valence-electron chi connectivity index (χ3n) is 3.28. The van der Waals surface area contributed by atoms with Crippen molar-refractivity contribution in [1.29, 1.82) is 0 Å². The maximum atomic E-state index is 11.0. The van der Waals surface area contributed by atoms with Crippen molar-refractivity contribution in [2.75, 3.05) is 0 Å². The van der Waals surface area contributed by atoms with Crippen molar-refractivity contribution in [1.82, 2.24) is 15.2 Å². The molecule has 0 spiro atoms. The molecule has 2 aromatic heterocycles. The number of thiazole rings is 1. The largest absolute Gasteiger partial charge is 0.277 e. The predicted molar refractivity (Wildman–Crippen MR) is 83.3 cm³/mol. The van der Waals surface area contributed by atoms with Crippen molar-refractivity contribution in [2.24, 2.45) is 0 Å². The summed E-state index contributed by atoms with van der Waals surface area (Å²) in [5.74, 6) is 0. The molecule has 0 bridgehead atoms. The number of benzene rings is 1. The van der Waals surface area contributed by atoms with E-state index in [9.17, 15) is 10.1 Å². The Morgan fingerprint density at radius 1 is 1.33 bits per heavy atom. The highest BCUT2D eigenvalue weighted by Gasteiger charge is 2.14. The van der Waals surface area contributed by atoms with Crippen molar-refractivity contribution in [3.63, 3.8) is 0 Å². The number of nitro groups is 1. The van der Waals surface area contributed by atoms with Crippen LogP contribution < -0.4 is 0 Å². The summed E-state index contributed by atoms with van der Waals surface area (Å²) >= 11 is 1.54. The molecule has 0 saturated carbocycles. The Bertz CT molecular complexity index is 863. The van der Waals surface area contributed by atoms with E-state index < -0.39 is 0 Å². The van der Waals surface area contributed by atoms with Crippen LogP contribution in [0.2, 0.25) is 0 Å². The van der Waals surface area contributed by atoms with Gasteiger partial charge in [0.2, 0.25) is 0 Å².